The van der Waals surface area contributed by atoms with Gasteiger partial charge >= 0.3 is 0 Å². The Bertz CT molecular complexity index is 885. The summed E-state index contributed by atoms with van der Waals surface area (Å²) in [6, 6.07) is 4.43. The third-order valence-electron chi connectivity index (χ3n) is 5.79. The zero-order valence-corrected chi connectivity index (χ0v) is 18.5. The maximum Gasteiger partial charge on any atom is 0.104 e. The first kappa shape index (κ1) is 21.2. The molecule has 4 nitrogen and oxygen atoms in total. The Morgan fingerprint density at radius 2 is 1.86 bits per heavy atom. The average molecular weight is 391 g/mol. The van der Waals surface area contributed by atoms with Crippen molar-refractivity contribution >= 4 is 22.8 Å². The van der Waals surface area contributed by atoms with E-state index < -0.39 is 0 Å². The van der Waals surface area contributed by atoms with E-state index in [-0.39, 0.29) is 5.41 Å². The van der Waals surface area contributed by atoms with Gasteiger partial charge < -0.3 is 5.32 Å². The van der Waals surface area contributed by atoms with Gasteiger partial charge in [-0.2, -0.15) is 0 Å². The van der Waals surface area contributed by atoms with Crippen LogP contribution in [0.1, 0.15) is 76.6 Å². The summed E-state index contributed by atoms with van der Waals surface area (Å²) in [5.74, 6) is 0.635. The second-order valence-electron chi connectivity index (χ2n) is 9.22. The molecule has 0 spiro atoms. The molecule has 0 bridgehead atoms. The number of hydrogen-bond donors (Lipinski definition) is 1. The molecule has 0 aliphatic heterocycles. The summed E-state index contributed by atoms with van der Waals surface area (Å²) in [6.07, 6.45) is 11.7. The van der Waals surface area contributed by atoms with E-state index in [1.165, 1.54) is 48.9 Å². The van der Waals surface area contributed by atoms with Crippen molar-refractivity contribution in [2.24, 2.45) is 10.9 Å². The summed E-state index contributed by atoms with van der Waals surface area (Å²) in [5.41, 5.74) is 7.27. The molecule has 0 amide bonds. The number of hydrogen-bond acceptors (Lipinski definition) is 4. The molecule has 0 unspecified atom stereocenters. The number of anilines is 1. The summed E-state index contributed by atoms with van der Waals surface area (Å²) >= 11 is 0. The second kappa shape index (κ2) is 8.89. The first-order valence-electron chi connectivity index (χ1n) is 10.7. The highest BCUT2D eigenvalue weighted by atomic mass is 14.9. The lowest BCUT2D eigenvalue weighted by atomic mass is 9.84. The molecule has 0 radical (unpaired) electrons. The lowest BCUT2D eigenvalue weighted by Gasteiger charge is -2.26. The Morgan fingerprint density at radius 1 is 1.14 bits per heavy atom. The summed E-state index contributed by atoms with van der Waals surface area (Å²) in [5, 5.41) is 3.47. The first-order chi connectivity index (χ1) is 13.8. The standard InChI is InChI=1S/C25H34N4/c1-17-14-23(29-19(3)24-16-26-12-13-27-24)21(25(4,5)6)15-22(17)28-18(2)20-10-8-7-9-11-20/h12-16,20,29H,3,7-11H2,1-2,4-6H3/b28-18+. The molecule has 2 aromatic rings. The SMILES string of the molecule is C=C(Nc1cc(C)c(/N=C(\C)C2CCCCC2)cc1C(C)(C)C)c1cnccn1. The van der Waals surface area contributed by atoms with Gasteiger partial charge in [0.05, 0.1) is 17.6 Å². The lowest BCUT2D eigenvalue weighted by Crippen LogP contribution is -2.16. The molecule has 1 aromatic heterocycles. The Labute approximate surface area is 175 Å². The van der Waals surface area contributed by atoms with Gasteiger partial charge in [0.15, 0.2) is 0 Å². The van der Waals surface area contributed by atoms with Crippen LogP contribution in [0.15, 0.2) is 42.3 Å². The van der Waals surface area contributed by atoms with Crippen LogP contribution in [0.5, 0.6) is 0 Å². The molecule has 1 fully saturated rings. The van der Waals surface area contributed by atoms with Crippen LogP contribution in [0.4, 0.5) is 11.4 Å². The fraction of sp³-hybridized carbons (Fsp3) is 0.480. The van der Waals surface area contributed by atoms with E-state index in [4.69, 9.17) is 4.99 Å². The highest BCUT2D eigenvalue weighted by Crippen LogP contribution is 2.37. The largest absolute Gasteiger partial charge is 0.354 e. The van der Waals surface area contributed by atoms with Crippen molar-refractivity contribution in [3.05, 3.63) is 54.1 Å². The van der Waals surface area contributed by atoms with Gasteiger partial charge in [-0.3, -0.25) is 15.0 Å². The van der Waals surface area contributed by atoms with Gasteiger partial charge in [0.1, 0.15) is 5.69 Å². The third-order valence-corrected chi connectivity index (χ3v) is 5.79. The average Bonchev–Trinajstić information content (AvgIpc) is 2.70. The van der Waals surface area contributed by atoms with Crippen molar-refractivity contribution in [1.82, 2.24) is 9.97 Å². The molecule has 1 aromatic carbocycles. The Morgan fingerprint density at radius 3 is 2.48 bits per heavy atom. The minimum Gasteiger partial charge on any atom is -0.354 e. The zero-order valence-electron chi connectivity index (χ0n) is 18.5. The van der Waals surface area contributed by atoms with Gasteiger partial charge in [-0.05, 0) is 61.3 Å². The molecule has 1 aliphatic carbocycles. The highest BCUT2D eigenvalue weighted by molar-refractivity contribution is 5.88. The van der Waals surface area contributed by atoms with E-state index >= 15 is 0 Å². The monoisotopic (exact) mass is 390 g/mol. The van der Waals surface area contributed by atoms with E-state index in [2.05, 4.69) is 68.6 Å². The summed E-state index contributed by atoms with van der Waals surface area (Å²) in [4.78, 5) is 13.6. The van der Waals surface area contributed by atoms with E-state index in [1.807, 2.05) is 0 Å². The predicted molar refractivity (Wildman–Crippen MR) is 124 cm³/mol. The van der Waals surface area contributed by atoms with E-state index in [0.29, 0.717) is 5.92 Å². The molecule has 29 heavy (non-hydrogen) atoms. The topological polar surface area (TPSA) is 50.2 Å². The highest BCUT2D eigenvalue weighted by Gasteiger charge is 2.22. The second-order valence-corrected chi connectivity index (χ2v) is 9.22. The van der Waals surface area contributed by atoms with Gasteiger partial charge in [0.2, 0.25) is 0 Å². The zero-order chi connectivity index (χ0) is 21.0. The van der Waals surface area contributed by atoms with Gasteiger partial charge in [0.25, 0.3) is 0 Å². The van der Waals surface area contributed by atoms with Gasteiger partial charge in [-0.1, -0.05) is 46.6 Å². The molecule has 4 heteroatoms. The van der Waals surface area contributed by atoms with Crippen molar-refractivity contribution in [2.75, 3.05) is 5.32 Å². The smallest absolute Gasteiger partial charge is 0.104 e. The predicted octanol–water partition coefficient (Wildman–Crippen LogP) is 6.84. The number of aliphatic imine (C=N–C) groups is 1. The normalized spacial score (nSPS) is 16.0. The summed E-state index contributed by atoms with van der Waals surface area (Å²) in [6.45, 7) is 15.2. The fourth-order valence-corrected chi connectivity index (χ4v) is 4.02. The van der Waals surface area contributed by atoms with E-state index in [9.17, 15) is 0 Å². The van der Waals surface area contributed by atoms with Gasteiger partial charge in [0, 0.05) is 23.8 Å². The molecule has 1 N–H and O–H groups in total. The Kier molecular flexibility index (Phi) is 6.51. The molecule has 0 saturated heterocycles. The van der Waals surface area contributed by atoms with Crippen LogP contribution in [0.25, 0.3) is 5.70 Å². The minimum atomic E-state index is -0.0261. The van der Waals surface area contributed by atoms with Crippen LogP contribution in [0.3, 0.4) is 0 Å². The molecule has 1 heterocycles. The maximum absolute atomic E-state index is 5.08. The molecule has 3 rings (SSSR count). The van der Waals surface area contributed by atoms with E-state index in [1.54, 1.807) is 18.6 Å². The van der Waals surface area contributed by atoms with Crippen LogP contribution in [-0.4, -0.2) is 15.7 Å². The van der Waals surface area contributed by atoms with Crippen molar-refractivity contribution in [3.8, 4) is 0 Å². The molecular weight excluding hydrogens is 356 g/mol. The van der Waals surface area contributed by atoms with Crippen molar-refractivity contribution in [2.45, 2.75) is 72.1 Å². The van der Waals surface area contributed by atoms with Crippen molar-refractivity contribution in [3.63, 3.8) is 0 Å². The number of nitrogens with one attached hydrogen (secondary N) is 1. The number of rotatable bonds is 5. The van der Waals surface area contributed by atoms with Crippen LogP contribution in [-0.2, 0) is 5.41 Å². The number of nitrogens with zero attached hydrogens (tertiary/aromatic N) is 3. The Hall–Kier alpha value is -2.49. The summed E-state index contributed by atoms with van der Waals surface area (Å²) < 4.78 is 0. The van der Waals surface area contributed by atoms with Crippen LogP contribution < -0.4 is 5.32 Å². The third kappa shape index (κ3) is 5.31. The molecular formula is C25H34N4. The van der Waals surface area contributed by atoms with Crippen molar-refractivity contribution in [1.29, 1.82) is 0 Å². The number of benzene rings is 1. The maximum atomic E-state index is 5.08. The molecule has 154 valence electrons. The molecule has 1 saturated carbocycles. The molecule has 1 aliphatic rings. The number of aryl methyl sites for hydroxylation is 1. The fourth-order valence-electron chi connectivity index (χ4n) is 4.02. The number of aromatic nitrogens is 2. The van der Waals surface area contributed by atoms with Gasteiger partial charge in [-0.15, -0.1) is 0 Å². The first-order valence-corrected chi connectivity index (χ1v) is 10.7. The Balaban J connectivity index is 1.94. The van der Waals surface area contributed by atoms with Crippen molar-refractivity contribution < 1.29 is 0 Å². The quantitative estimate of drug-likeness (QED) is 0.569. The van der Waals surface area contributed by atoms with Gasteiger partial charge in [-0.25, -0.2) is 0 Å². The van der Waals surface area contributed by atoms with Crippen LogP contribution in [0.2, 0.25) is 0 Å². The van der Waals surface area contributed by atoms with E-state index in [0.717, 1.165) is 22.8 Å². The van der Waals surface area contributed by atoms with Crippen LogP contribution in [0, 0.1) is 12.8 Å². The lowest BCUT2D eigenvalue weighted by molar-refractivity contribution is 0.438. The minimum absolute atomic E-state index is 0.0261. The van der Waals surface area contributed by atoms with Crippen LogP contribution >= 0.6 is 0 Å². The summed E-state index contributed by atoms with van der Waals surface area (Å²) in [7, 11) is 0. The molecule has 0 atom stereocenters.